The van der Waals surface area contributed by atoms with Gasteiger partial charge in [0.2, 0.25) is 0 Å². The number of thiazole rings is 1. The molecule has 66 valence electrons. The summed E-state index contributed by atoms with van der Waals surface area (Å²) in [6.45, 7) is 2.18. The lowest BCUT2D eigenvalue weighted by molar-refractivity contribution is 0.633. The molecule has 0 spiro atoms. The van der Waals surface area contributed by atoms with Crippen molar-refractivity contribution in [2.45, 2.75) is 18.9 Å². The van der Waals surface area contributed by atoms with Crippen molar-refractivity contribution in [3.63, 3.8) is 0 Å². The Morgan fingerprint density at radius 3 is 3.42 bits per heavy atom. The summed E-state index contributed by atoms with van der Waals surface area (Å²) in [7, 11) is 0. The Morgan fingerprint density at radius 2 is 2.75 bits per heavy atom. The predicted octanol–water partition coefficient (Wildman–Crippen LogP) is 1.31. The van der Waals surface area contributed by atoms with Crippen molar-refractivity contribution in [3.05, 3.63) is 11.6 Å². The molecular formula is C8H13N3S. The molecule has 0 saturated carbocycles. The van der Waals surface area contributed by atoms with Gasteiger partial charge in [-0.25, -0.2) is 4.98 Å². The van der Waals surface area contributed by atoms with Gasteiger partial charge in [-0.1, -0.05) is 0 Å². The van der Waals surface area contributed by atoms with E-state index in [1.165, 1.54) is 19.4 Å². The normalized spacial score (nSPS) is 22.8. The lowest BCUT2D eigenvalue weighted by Gasteiger charge is -2.09. The van der Waals surface area contributed by atoms with Crippen molar-refractivity contribution in [1.29, 1.82) is 0 Å². The molecule has 1 aromatic heterocycles. The summed E-state index contributed by atoms with van der Waals surface area (Å²) in [6, 6.07) is 0.647. The molecule has 2 heterocycles. The minimum Gasteiger partial charge on any atom is -0.360 e. The summed E-state index contributed by atoms with van der Waals surface area (Å²) < 4.78 is 0. The highest BCUT2D eigenvalue weighted by Crippen LogP contribution is 2.11. The van der Waals surface area contributed by atoms with Crippen LogP contribution >= 0.6 is 11.3 Å². The van der Waals surface area contributed by atoms with Crippen molar-refractivity contribution >= 4 is 16.5 Å². The Balaban J connectivity index is 1.74. The molecule has 1 atom stereocenters. The first-order valence-electron chi connectivity index (χ1n) is 4.32. The first-order chi connectivity index (χ1) is 5.95. The van der Waals surface area contributed by atoms with E-state index < -0.39 is 0 Å². The molecule has 3 nitrogen and oxygen atoms in total. The number of anilines is 1. The van der Waals surface area contributed by atoms with Crippen LogP contribution in [0, 0.1) is 0 Å². The lowest BCUT2D eigenvalue weighted by atomic mass is 10.2. The number of hydrogen-bond donors (Lipinski definition) is 2. The van der Waals surface area contributed by atoms with E-state index in [1.54, 1.807) is 11.3 Å². The highest BCUT2D eigenvalue weighted by molar-refractivity contribution is 7.13. The Bertz CT molecular complexity index is 216. The van der Waals surface area contributed by atoms with Gasteiger partial charge in [0.1, 0.15) is 0 Å². The van der Waals surface area contributed by atoms with E-state index in [4.69, 9.17) is 0 Å². The Morgan fingerprint density at radius 1 is 1.75 bits per heavy atom. The molecule has 0 amide bonds. The molecule has 1 fully saturated rings. The molecule has 1 aromatic rings. The maximum atomic E-state index is 4.16. The van der Waals surface area contributed by atoms with E-state index in [0.717, 1.165) is 11.7 Å². The molecule has 12 heavy (non-hydrogen) atoms. The molecule has 2 N–H and O–H groups in total. The third kappa shape index (κ3) is 1.95. The molecule has 1 aliphatic rings. The van der Waals surface area contributed by atoms with Crippen LogP contribution in [0.5, 0.6) is 0 Å². The summed E-state index contributed by atoms with van der Waals surface area (Å²) in [5.74, 6) is 0. The Labute approximate surface area is 76.2 Å². The largest absolute Gasteiger partial charge is 0.360 e. The fourth-order valence-corrected chi connectivity index (χ4v) is 1.99. The van der Waals surface area contributed by atoms with E-state index in [-0.39, 0.29) is 0 Å². The van der Waals surface area contributed by atoms with Crippen LogP contribution < -0.4 is 10.6 Å². The van der Waals surface area contributed by atoms with Crippen molar-refractivity contribution in [2.75, 3.05) is 18.4 Å². The first-order valence-corrected chi connectivity index (χ1v) is 5.20. The first kappa shape index (κ1) is 8.01. The fourth-order valence-electron chi connectivity index (χ4n) is 1.45. The number of rotatable bonds is 3. The quantitative estimate of drug-likeness (QED) is 0.742. The van der Waals surface area contributed by atoms with Crippen LogP contribution in [0.25, 0.3) is 0 Å². The van der Waals surface area contributed by atoms with Gasteiger partial charge in [0, 0.05) is 24.2 Å². The van der Waals surface area contributed by atoms with E-state index in [0.29, 0.717) is 6.04 Å². The summed E-state index contributed by atoms with van der Waals surface area (Å²) in [4.78, 5) is 4.16. The molecule has 0 radical (unpaired) electrons. The Kier molecular flexibility index (Phi) is 2.58. The molecule has 0 bridgehead atoms. The molecule has 1 unspecified atom stereocenters. The van der Waals surface area contributed by atoms with E-state index in [1.807, 2.05) is 11.6 Å². The van der Waals surface area contributed by atoms with Crippen LogP contribution in [0.15, 0.2) is 11.6 Å². The van der Waals surface area contributed by atoms with Crippen LogP contribution in [0.4, 0.5) is 5.13 Å². The average Bonchev–Trinajstić information content (AvgIpc) is 2.74. The van der Waals surface area contributed by atoms with Gasteiger partial charge in [-0.05, 0) is 19.4 Å². The summed E-state index contributed by atoms with van der Waals surface area (Å²) in [6.07, 6.45) is 4.43. The SMILES string of the molecule is c1csc(NCC2CCCN2)n1. The molecule has 2 rings (SSSR count). The molecule has 1 saturated heterocycles. The standard InChI is InChI=1S/C8H13N3S/c1-2-7(9-3-1)6-11-8-10-4-5-12-8/h4-5,7,9H,1-3,6H2,(H,10,11). The second kappa shape index (κ2) is 3.87. The summed E-state index contributed by atoms with van der Waals surface area (Å²) >= 11 is 1.66. The van der Waals surface area contributed by atoms with Gasteiger partial charge in [0.15, 0.2) is 5.13 Å². The lowest BCUT2D eigenvalue weighted by Crippen LogP contribution is -2.29. The third-order valence-electron chi connectivity index (χ3n) is 2.09. The van der Waals surface area contributed by atoms with Gasteiger partial charge in [-0.15, -0.1) is 11.3 Å². The summed E-state index contributed by atoms with van der Waals surface area (Å²) in [5, 5.41) is 9.77. The fraction of sp³-hybridized carbons (Fsp3) is 0.625. The van der Waals surface area contributed by atoms with Crippen LogP contribution in [0.2, 0.25) is 0 Å². The van der Waals surface area contributed by atoms with Crippen LogP contribution in [-0.2, 0) is 0 Å². The number of nitrogens with one attached hydrogen (secondary N) is 2. The van der Waals surface area contributed by atoms with Gasteiger partial charge < -0.3 is 10.6 Å². The van der Waals surface area contributed by atoms with E-state index in [9.17, 15) is 0 Å². The van der Waals surface area contributed by atoms with E-state index >= 15 is 0 Å². The highest BCUT2D eigenvalue weighted by Gasteiger charge is 2.13. The summed E-state index contributed by atoms with van der Waals surface area (Å²) in [5.41, 5.74) is 0. The monoisotopic (exact) mass is 183 g/mol. The maximum Gasteiger partial charge on any atom is 0.182 e. The van der Waals surface area contributed by atoms with Crippen molar-refractivity contribution in [2.24, 2.45) is 0 Å². The molecule has 0 aliphatic carbocycles. The second-order valence-corrected chi connectivity index (χ2v) is 3.91. The molecule has 0 aromatic carbocycles. The molecular weight excluding hydrogens is 170 g/mol. The van der Waals surface area contributed by atoms with Crippen molar-refractivity contribution in [3.8, 4) is 0 Å². The zero-order valence-electron chi connectivity index (χ0n) is 6.92. The van der Waals surface area contributed by atoms with Crippen LogP contribution in [0.3, 0.4) is 0 Å². The van der Waals surface area contributed by atoms with Crippen molar-refractivity contribution < 1.29 is 0 Å². The zero-order valence-corrected chi connectivity index (χ0v) is 7.73. The topological polar surface area (TPSA) is 37.0 Å². The van der Waals surface area contributed by atoms with Gasteiger partial charge >= 0.3 is 0 Å². The Hall–Kier alpha value is -0.610. The molecule has 1 aliphatic heterocycles. The number of aromatic nitrogens is 1. The molecule has 4 heteroatoms. The number of nitrogens with zero attached hydrogens (tertiary/aromatic N) is 1. The maximum absolute atomic E-state index is 4.16. The highest BCUT2D eigenvalue weighted by atomic mass is 32.1. The minimum absolute atomic E-state index is 0.647. The van der Waals surface area contributed by atoms with Crippen LogP contribution in [-0.4, -0.2) is 24.1 Å². The van der Waals surface area contributed by atoms with Gasteiger partial charge in [-0.3, -0.25) is 0 Å². The van der Waals surface area contributed by atoms with Gasteiger partial charge in [-0.2, -0.15) is 0 Å². The second-order valence-electron chi connectivity index (χ2n) is 3.01. The van der Waals surface area contributed by atoms with Crippen LogP contribution in [0.1, 0.15) is 12.8 Å². The third-order valence-corrected chi connectivity index (χ3v) is 2.83. The predicted molar refractivity (Wildman–Crippen MR) is 51.6 cm³/mol. The van der Waals surface area contributed by atoms with E-state index in [2.05, 4.69) is 15.6 Å². The zero-order chi connectivity index (χ0) is 8.23. The smallest absolute Gasteiger partial charge is 0.182 e. The van der Waals surface area contributed by atoms with Gasteiger partial charge in [0.05, 0.1) is 0 Å². The minimum atomic E-state index is 0.647. The van der Waals surface area contributed by atoms with Crippen molar-refractivity contribution in [1.82, 2.24) is 10.3 Å². The number of hydrogen-bond acceptors (Lipinski definition) is 4. The van der Waals surface area contributed by atoms with Gasteiger partial charge in [0.25, 0.3) is 0 Å². The average molecular weight is 183 g/mol.